The Morgan fingerprint density at radius 3 is 2.67 bits per heavy atom. The van der Waals surface area contributed by atoms with E-state index >= 15 is 0 Å². The minimum atomic E-state index is -0.464. The maximum absolute atomic E-state index is 12.6. The molecular weight excluding hydrogens is 575 g/mol. The van der Waals surface area contributed by atoms with Gasteiger partial charge in [0.05, 0.1) is 28.9 Å². The minimum Gasteiger partial charge on any atom is -0.495 e. The summed E-state index contributed by atoms with van der Waals surface area (Å²) in [6, 6.07) is 19.3. The zero-order valence-electron chi connectivity index (χ0n) is 17.1. The van der Waals surface area contributed by atoms with Gasteiger partial charge in [-0.25, -0.2) is 4.79 Å². The van der Waals surface area contributed by atoms with Crippen molar-refractivity contribution in [2.45, 2.75) is 0 Å². The normalized spacial score (nSPS) is 10.6. The summed E-state index contributed by atoms with van der Waals surface area (Å²) in [5.41, 5.74) is 1.82. The molecular formula is C24H16ClIN2O4S. The van der Waals surface area contributed by atoms with Crippen LogP contribution < -0.4 is 21.0 Å². The Morgan fingerprint density at radius 1 is 1.09 bits per heavy atom. The molecule has 0 atom stereocenters. The molecule has 0 aliphatic rings. The number of hydrogen-bond donors (Lipinski definition) is 2. The lowest BCUT2D eigenvalue weighted by Crippen LogP contribution is -2.34. The maximum Gasteiger partial charge on any atom is 0.344 e. The van der Waals surface area contributed by atoms with Crippen molar-refractivity contribution in [2.24, 2.45) is 0 Å². The van der Waals surface area contributed by atoms with Crippen LogP contribution in [0.5, 0.6) is 5.75 Å². The van der Waals surface area contributed by atoms with Gasteiger partial charge < -0.3 is 14.5 Å². The van der Waals surface area contributed by atoms with Gasteiger partial charge >= 0.3 is 5.63 Å². The lowest BCUT2D eigenvalue weighted by Gasteiger charge is -2.14. The molecule has 0 radical (unpaired) electrons. The molecule has 0 spiro atoms. The Bertz CT molecular complexity index is 1450. The number of halogens is 2. The maximum atomic E-state index is 12.6. The molecule has 0 aliphatic heterocycles. The number of rotatable bonds is 4. The van der Waals surface area contributed by atoms with Crippen LogP contribution in [0.2, 0.25) is 5.02 Å². The molecule has 33 heavy (non-hydrogen) atoms. The molecule has 1 aromatic heterocycles. The van der Waals surface area contributed by atoms with E-state index in [1.165, 1.54) is 7.11 Å². The van der Waals surface area contributed by atoms with Crippen molar-refractivity contribution in [1.82, 2.24) is 5.32 Å². The van der Waals surface area contributed by atoms with E-state index in [1.54, 1.807) is 54.6 Å². The number of methoxy groups -OCH3 is 1. The third kappa shape index (κ3) is 5.18. The highest BCUT2D eigenvalue weighted by Crippen LogP contribution is 2.30. The van der Waals surface area contributed by atoms with Gasteiger partial charge in [-0.15, -0.1) is 0 Å². The van der Waals surface area contributed by atoms with Gasteiger partial charge in [0, 0.05) is 8.96 Å². The summed E-state index contributed by atoms with van der Waals surface area (Å²) in [5, 5.41) is 6.75. The van der Waals surface area contributed by atoms with Gasteiger partial charge in [-0.05, 0) is 82.8 Å². The second kappa shape index (κ2) is 9.90. The SMILES string of the molecule is COc1ccc(-c2cc3ccccc3oc2=O)cc1NC(=S)NC(=O)c1cc(I)ccc1Cl. The quantitative estimate of drug-likeness (QED) is 0.176. The van der Waals surface area contributed by atoms with Gasteiger partial charge in [-0.1, -0.05) is 35.9 Å². The second-order valence-corrected chi connectivity index (χ2v) is 8.99. The summed E-state index contributed by atoms with van der Waals surface area (Å²) in [4.78, 5) is 25.2. The molecule has 0 unspecified atom stereocenters. The predicted octanol–water partition coefficient (Wildman–Crippen LogP) is 5.85. The van der Waals surface area contributed by atoms with Crippen molar-refractivity contribution < 1.29 is 13.9 Å². The van der Waals surface area contributed by atoms with Crippen molar-refractivity contribution in [3.63, 3.8) is 0 Å². The Kier molecular flexibility index (Phi) is 6.96. The van der Waals surface area contributed by atoms with Crippen LogP contribution in [-0.4, -0.2) is 18.1 Å². The minimum absolute atomic E-state index is 0.0518. The highest BCUT2D eigenvalue weighted by atomic mass is 127. The van der Waals surface area contributed by atoms with Crippen LogP contribution >= 0.6 is 46.4 Å². The van der Waals surface area contributed by atoms with E-state index in [-0.39, 0.29) is 5.11 Å². The summed E-state index contributed by atoms with van der Waals surface area (Å²) in [6.45, 7) is 0. The molecule has 2 N–H and O–H groups in total. The first-order chi connectivity index (χ1) is 15.9. The molecule has 0 fully saturated rings. The number of anilines is 1. The van der Waals surface area contributed by atoms with Gasteiger partial charge in [0.25, 0.3) is 5.91 Å². The molecule has 0 saturated heterocycles. The first kappa shape index (κ1) is 23.2. The highest BCUT2D eigenvalue weighted by molar-refractivity contribution is 14.1. The van der Waals surface area contributed by atoms with Gasteiger partial charge in [-0.3, -0.25) is 10.1 Å². The number of ether oxygens (including phenoxy) is 1. The van der Waals surface area contributed by atoms with Crippen LogP contribution in [-0.2, 0) is 0 Å². The zero-order chi connectivity index (χ0) is 23.5. The summed E-state index contributed by atoms with van der Waals surface area (Å²) in [7, 11) is 1.51. The van der Waals surface area contributed by atoms with Crippen LogP contribution in [0.1, 0.15) is 10.4 Å². The van der Waals surface area contributed by atoms with Crippen molar-refractivity contribution >= 4 is 74.1 Å². The third-order valence-corrected chi connectivity index (χ3v) is 6.00. The van der Waals surface area contributed by atoms with Crippen molar-refractivity contribution in [3.05, 3.63) is 91.3 Å². The molecule has 4 aromatic rings. The highest BCUT2D eigenvalue weighted by Gasteiger charge is 2.15. The smallest absolute Gasteiger partial charge is 0.344 e. The number of carbonyl (C=O) groups excluding carboxylic acids is 1. The number of amides is 1. The van der Waals surface area contributed by atoms with Crippen LogP contribution in [0, 0.1) is 3.57 Å². The van der Waals surface area contributed by atoms with E-state index in [4.69, 9.17) is 33.0 Å². The van der Waals surface area contributed by atoms with E-state index in [0.29, 0.717) is 38.7 Å². The van der Waals surface area contributed by atoms with Crippen molar-refractivity contribution in [3.8, 4) is 16.9 Å². The molecule has 4 rings (SSSR count). The molecule has 166 valence electrons. The Hall–Kier alpha value is -2.95. The monoisotopic (exact) mass is 590 g/mol. The van der Waals surface area contributed by atoms with E-state index in [9.17, 15) is 9.59 Å². The van der Waals surface area contributed by atoms with Gasteiger partial charge in [0.15, 0.2) is 5.11 Å². The second-order valence-electron chi connectivity index (χ2n) is 6.93. The van der Waals surface area contributed by atoms with E-state index in [0.717, 1.165) is 8.96 Å². The molecule has 3 aromatic carbocycles. The van der Waals surface area contributed by atoms with Crippen LogP contribution in [0.25, 0.3) is 22.1 Å². The standard InChI is InChI=1S/C24H16ClIN2O4S/c1-31-21-9-6-13(16-10-14-4-2-3-5-20(14)32-23(16)30)11-19(21)27-24(33)28-22(29)17-12-15(26)7-8-18(17)25/h2-12H,1H3,(H2,27,28,29,33). The molecule has 6 nitrogen and oxygen atoms in total. The van der Waals surface area contributed by atoms with Crippen molar-refractivity contribution in [1.29, 1.82) is 0 Å². The lowest BCUT2D eigenvalue weighted by molar-refractivity contribution is 0.0978. The summed E-state index contributed by atoms with van der Waals surface area (Å²) in [6.07, 6.45) is 0. The Labute approximate surface area is 213 Å². The average Bonchev–Trinajstić information content (AvgIpc) is 2.80. The van der Waals surface area contributed by atoms with E-state index < -0.39 is 11.5 Å². The number of hydrogen-bond acceptors (Lipinski definition) is 5. The van der Waals surface area contributed by atoms with Gasteiger partial charge in [-0.2, -0.15) is 0 Å². The first-order valence-corrected chi connectivity index (χ1v) is 11.5. The molecule has 1 amide bonds. The summed E-state index contributed by atoms with van der Waals surface area (Å²) in [5.74, 6) is 0.0362. The summed E-state index contributed by atoms with van der Waals surface area (Å²) >= 11 is 13.6. The topological polar surface area (TPSA) is 80.6 Å². The van der Waals surface area contributed by atoms with Gasteiger partial charge in [0.1, 0.15) is 11.3 Å². The fourth-order valence-electron chi connectivity index (χ4n) is 3.23. The molecule has 1 heterocycles. The molecule has 0 bridgehead atoms. The van der Waals surface area contributed by atoms with Crippen LogP contribution in [0.4, 0.5) is 5.69 Å². The number of para-hydroxylation sites is 1. The first-order valence-electron chi connectivity index (χ1n) is 9.64. The number of carbonyl (C=O) groups is 1. The number of fused-ring (bicyclic) bond motifs is 1. The van der Waals surface area contributed by atoms with E-state index in [2.05, 4.69) is 33.2 Å². The molecule has 0 aliphatic carbocycles. The van der Waals surface area contributed by atoms with Crippen LogP contribution in [0.3, 0.4) is 0 Å². The average molecular weight is 591 g/mol. The lowest BCUT2D eigenvalue weighted by atomic mass is 10.0. The number of nitrogens with one attached hydrogen (secondary N) is 2. The Morgan fingerprint density at radius 2 is 1.88 bits per heavy atom. The fourth-order valence-corrected chi connectivity index (χ4v) is 4.13. The Balaban J connectivity index is 1.62. The zero-order valence-corrected chi connectivity index (χ0v) is 20.9. The fraction of sp³-hybridized carbons (Fsp3) is 0.0417. The number of thiocarbonyl (C=S) groups is 1. The van der Waals surface area contributed by atoms with Crippen LogP contribution in [0.15, 0.2) is 75.9 Å². The van der Waals surface area contributed by atoms with E-state index in [1.807, 2.05) is 12.1 Å². The summed E-state index contributed by atoms with van der Waals surface area (Å²) < 4.78 is 11.7. The number of benzene rings is 3. The predicted molar refractivity (Wildman–Crippen MR) is 142 cm³/mol. The molecule has 9 heteroatoms. The molecule has 0 saturated carbocycles. The largest absolute Gasteiger partial charge is 0.495 e. The van der Waals surface area contributed by atoms with Gasteiger partial charge in [0.2, 0.25) is 0 Å². The van der Waals surface area contributed by atoms with Crippen molar-refractivity contribution in [2.75, 3.05) is 12.4 Å². The third-order valence-electron chi connectivity index (χ3n) is 4.80.